The van der Waals surface area contributed by atoms with Crippen molar-refractivity contribution in [2.24, 2.45) is 0 Å². The highest BCUT2D eigenvalue weighted by Crippen LogP contribution is 2.28. The highest BCUT2D eigenvalue weighted by atomic mass is 16.2. The first-order valence-corrected chi connectivity index (χ1v) is 11.0. The van der Waals surface area contributed by atoms with Gasteiger partial charge in [0.1, 0.15) is 0 Å². The van der Waals surface area contributed by atoms with Crippen molar-refractivity contribution in [1.82, 2.24) is 29.9 Å². The maximum atomic E-state index is 12.8. The summed E-state index contributed by atoms with van der Waals surface area (Å²) in [6.45, 7) is 3.91. The van der Waals surface area contributed by atoms with Gasteiger partial charge in [0, 0.05) is 34.9 Å². The lowest BCUT2D eigenvalue weighted by Gasteiger charge is -2.29. The third-order valence-electron chi connectivity index (χ3n) is 6.25. The van der Waals surface area contributed by atoms with Crippen LogP contribution in [0.15, 0.2) is 53.5 Å². The fourth-order valence-electron chi connectivity index (χ4n) is 4.64. The van der Waals surface area contributed by atoms with E-state index >= 15 is 0 Å². The zero-order chi connectivity index (χ0) is 22.2. The largest absolute Gasteiger partial charge is 0.360 e. The first kappa shape index (κ1) is 20.2. The highest BCUT2D eigenvalue weighted by Gasteiger charge is 2.26. The number of nitrogens with one attached hydrogen (secondary N) is 2. The van der Waals surface area contributed by atoms with Gasteiger partial charge in [-0.25, -0.2) is 9.36 Å². The maximum absolute atomic E-state index is 12.8. The van der Waals surface area contributed by atoms with Crippen LogP contribution in [0.2, 0.25) is 0 Å². The van der Waals surface area contributed by atoms with Gasteiger partial charge in [-0.3, -0.25) is 9.59 Å². The minimum atomic E-state index is -0.110. The molecule has 3 aromatic heterocycles. The molecule has 0 bridgehead atoms. The van der Waals surface area contributed by atoms with Crippen LogP contribution in [0.3, 0.4) is 0 Å². The monoisotopic (exact) mass is 430 g/mol. The highest BCUT2D eigenvalue weighted by molar-refractivity contribution is 6.06. The van der Waals surface area contributed by atoms with Gasteiger partial charge in [-0.2, -0.15) is 5.10 Å². The van der Waals surface area contributed by atoms with Gasteiger partial charge in [-0.1, -0.05) is 18.2 Å². The number of hydrogen-bond donors (Lipinski definition) is 2. The van der Waals surface area contributed by atoms with Gasteiger partial charge in [-0.15, -0.1) is 5.10 Å². The van der Waals surface area contributed by atoms with E-state index in [-0.39, 0.29) is 23.6 Å². The molecule has 1 fully saturated rings. The number of rotatable bonds is 4. The van der Waals surface area contributed by atoms with E-state index in [0.717, 1.165) is 48.0 Å². The number of H-pyrrole nitrogens is 1. The molecule has 1 aromatic carbocycles. The number of nitrogens with zero attached hydrogens (tertiary/aromatic N) is 4. The molecule has 0 atom stereocenters. The zero-order valence-corrected chi connectivity index (χ0v) is 18.2. The van der Waals surface area contributed by atoms with Crippen LogP contribution in [0.5, 0.6) is 0 Å². The van der Waals surface area contributed by atoms with Gasteiger partial charge in [0.15, 0.2) is 5.82 Å². The first-order chi connectivity index (χ1) is 15.5. The Kier molecular flexibility index (Phi) is 5.13. The van der Waals surface area contributed by atoms with E-state index < -0.39 is 0 Å². The molecule has 2 N–H and O–H groups in total. The molecule has 0 aliphatic heterocycles. The van der Waals surface area contributed by atoms with E-state index in [2.05, 4.69) is 20.5 Å². The normalized spacial score (nSPS) is 18.7. The molecule has 0 spiro atoms. The number of hydrogen-bond acceptors (Lipinski definition) is 4. The lowest BCUT2D eigenvalue weighted by atomic mass is 9.91. The van der Waals surface area contributed by atoms with Crippen molar-refractivity contribution in [3.63, 3.8) is 0 Å². The lowest BCUT2D eigenvalue weighted by molar-refractivity contribution is 0.0923. The topological polar surface area (TPSA) is 97.6 Å². The molecule has 1 aliphatic rings. The third kappa shape index (κ3) is 3.72. The molecule has 8 nitrogen and oxygen atoms in total. The Bertz CT molecular complexity index is 1340. The molecule has 5 rings (SSSR count). The summed E-state index contributed by atoms with van der Waals surface area (Å²) < 4.78 is 3.35. The second kappa shape index (κ2) is 8.11. The van der Waals surface area contributed by atoms with Gasteiger partial charge >= 0.3 is 0 Å². The lowest BCUT2D eigenvalue weighted by Crippen LogP contribution is -2.39. The van der Waals surface area contributed by atoms with E-state index in [1.807, 2.05) is 44.2 Å². The summed E-state index contributed by atoms with van der Waals surface area (Å²) in [7, 11) is 0. The van der Waals surface area contributed by atoms with Gasteiger partial charge < -0.3 is 10.3 Å². The number of carbonyl (C=O) groups excluding carboxylic acids is 1. The van der Waals surface area contributed by atoms with Gasteiger partial charge in [-0.05, 0) is 57.7 Å². The molecule has 8 heteroatoms. The van der Waals surface area contributed by atoms with Gasteiger partial charge in [0.2, 0.25) is 0 Å². The number of amides is 1. The molecule has 164 valence electrons. The standard InChI is InChI=1S/C24H26N6O2/c1-15-13-16(2)29(27-15)22-11-12-23(31)30(28-22)18-9-7-17(8-10-18)26-24(32)20-14-25-21-6-4-3-5-19(20)21/h3-6,11-14,17-18,25H,7-10H2,1-2H3,(H,26,32). The summed E-state index contributed by atoms with van der Waals surface area (Å²) in [5.74, 6) is 0.581. The van der Waals surface area contributed by atoms with Crippen LogP contribution < -0.4 is 10.9 Å². The number of aromatic amines is 1. The van der Waals surface area contributed by atoms with Crippen molar-refractivity contribution in [1.29, 1.82) is 0 Å². The second-order valence-electron chi connectivity index (χ2n) is 8.54. The van der Waals surface area contributed by atoms with Crippen molar-refractivity contribution < 1.29 is 4.79 Å². The van der Waals surface area contributed by atoms with Crippen molar-refractivity contribution in [3.8, 4) is 5.82 Å². The molecule has 1 amide bonds. The SMILES string of the molecule is Cc1cc(C)n(-c2ccc(=O)n(C3CCC(NC(=O)c4c[nH]c5ccccc45)CC3)n2)n1. The number of fused-ring (bicyclic) bond motifs is 1. The Morgan fingerprint density at radius 3 is 2.59 bits per heavy atom. The molecule has 1 aliphatic carbocycles. The Labute approximate surface area is 185 Å². The fourth-order valence-corrected chi connectivity index (χ4v) is 4.64. The average Bonchev–Trinajstić information content (AvgIpc) is 3.37. The molecule has 1 saturated carbocycles. The summed E-state index contributed by atoms with van der Waals surface area (Å²) in [5.41, 5.74) is 3.39. The third-order valence-corrected chi connectivity index (χ3v) is 6.25. The number of benzene rings is 1. The predicted molar refractivity (Wildman–Crippen MR) is 122 cm³/mol. The molecular weight excluding hydrogens is 404 g/mol. The number of para-hydroxylation sites is 1. The summed E-state index contributed by atoms with van der Waals surface area (Å²) in [6.07, 6.45) is 4.94. The minimum Gasteiger partial charge on any atom is -0.360 e. The van der Waals surface area contributed by atoms with Crippen LogP contribution in [0, 0.1) is 13.8 Å². The molecular formula is C24H26N6O2. The summed E-state index contributed by atoms with van der Waals surface area (Å²) in [5, 5.41) is 13.2. The van der Waals surface area contributed by atoms with E-state index in [1.165, 1.54) is 0 Å². The second-order valence-corrected chi connectivity index (χ2v) is 8.54. The Morgan fingerprint density at radius 1 is 1.06 bits per heavy atom. The maximum Gasteiger partial charge on any atom is 0.267 e. The van der Waals surface area contributed by atoms with Gasteiger partial charge in [0.05, 0.1) is 17.3 Å². The minimum absolute atomic E-state index is 0.0145. The molecule has 0 unspecified atom stereocenters. The molecule has 32 heavy (non-hydrogen) atoms. The molecule has 3 heterocycles. The predicted octanol–water partition coefficient (Wildman–Crippen LogP) is 3.44. The van der Waals surface area contributed by atoms with E-state index in [9.17, 15) is 9.59 Å². The number of aromatic nitrogens is 5. The summed E-state index contributed by atoms with van der Waals surface area (Å²) >= 11 is 0. The Hall–Kier alpha value is -3.68. The zero-order valence-electron chi connectivity index (χ0n) is 18.2. The molecule has 0 saturated heterocycles. The Morgan fingerprint density at radius 2 is 1.84 bits per heavy atom. The smallest absolute Gasteiger partial charge is 0.267 e. The van der Waals surface area contributed by atoms with Crippen LogP contribution in [0.4, 0.5) is 0 Å². The van der Waals surface area contributed by atoms with E-state index in [1.54, 1.807) is 27.7 Å². The van der Waals surface area contributed by atoms with Crippen molar-refractivity contribution in [2.45, 2.75) is 51.6 Å². The Balaban J connectivity index is 1.28. The van der Waals surface area contributed by atoms with Crippen LogP contribution in [0.25, 0.3) is 16.7 Å². The van der Waals surface area contributed by atoms with E-state index in [4.69, 9.17) is 0 Å². The number of aryl methyl sites for hydroxylation is 2. The number of carbonyl (C=O) groups is 1. The van der Waals surface area contributed by atoms with Crippen LogP contribution >= 0.6 is 0 Å². The van der Waals surface area contributed by atoms with E-state index in [0.29, 0.717) is 11.4 Å². The van der Waals surface area contributed by atoms with Crippen LogP contribution in [0.1, 0.15) is 53.5 Å². The quantitative estimate of drug-likeness (QED) is 0.518. The summed E-state index contributed by atoms with van der Waals surface area (Å²) in [6, 6.07) is 13.1. The van der Waals surface area contributed by atoms with Gasteiger partial charge in [0.25, 0.3) is 11.5 Å². The van der Waals surface area contributed by atoms with Crippen molar-refractivity contribution in [2.75, 3.05) is 0 Å². The van der Waals surface area contributed by atoms with Crippen LogP contribution in [-0.4, -0.2) is 36.5 Å². The fraction of sp³-hybridized carbons (Fsp3) is 0.333. The van der Waals surface area contributed by atoms with Crippen molar-refractivity contribution in [3.05, 3.63) is 76.0 Å². The first-order valence-electron chi connectivity index (χ1n) is 11.0. The molecule has 0 radical (unpaired) electrons. The summed E-state index contributed by atoms with van der Waals surface area (Å²) in [4.78, 5) is 28.5. The van der Waals surface area contributed by atoms with Crippen LogP contribution in [-0.2, 0) is 0 Å². The molecule has 4 aromatic rings. The average molecular weight is 431 g/mol. The van der Waals surface area contributed by atoms with Crippen molar-refractivity contribution >= 4 is 16.8 Å².